The number of rotatable bonds is 5. The predicted octanol–water partition coefficient (Wildman–Crippen LogP) is 3.52. The number of hydrogen-bond acceptors (Lipinski definition) is 2. The molecule has 1 N–H and O–H groups in total. The second-order valence-electron chi connectivity index (χ2n) is 6.39. The molecular weight excluding hydrogens is 232 g/mol. The third kappa shape index (κ3) is 3.37. The maximum absolute atomic E-state index is 3.48. The highest BCUT2D eigenvalue weighted by Crippen LogP contribution is 2.29. The first-order valence-electron chi connectivity index (χ1n) is 7.52. The molecule has 1 aliphatic heterocycles. The molecule has 0 radical (unpaired) electrons. The van der Waals surface area contributed by atoms with E-state index in [1.165, 1.54) is 43.5 Å². The molecule has 0 aromatic heterocycles. The van der Waals surface area contributed by atoms with Crippen molar-refractivity contribution in [2.24, 2.45) is 0 Å². The Kier molecular flexibility index (Phi) is 4.64. The molecule has 1 heterocycles. The lowest BCUT2D eigenvalue weighted by Gasteiger charge is -2.33. The van der Waals surface area contributed by atoms with Crippen molar-refractivity contribution in [2.45, 2.75) is 51.6 Å². The van der Waals surface area contributed by atoms with Gasteiger partial charge >= 0.3 is 0 Å². The zero-order valence-corrected chi connectivity index (χ0v) is 12.9. The normalized spacial score (nSPS) is 20.6. The van der Waals surface area contributed by atoms with E-state index in [1.807, 2.05) is 0 Å². The Morgan fingerprint density at radius 3 is 2.63 bits per heavy atom. The van der Waals surface area contributed by atoms with Crippen molar-refractivity contribution in [3.63, 3.8) is 0 Å². The summed E-state index contributed by atoms with van der Waals surface area (Å²) in [6.45, 7) is 9.41. The largest absolute Gasteiger partial charge is 0.313 e. The molecule has 1 atom stereocenters. The van der Waals surface area contributed by atoms with E-state index in [9.17, 15) is 0 Å². The molecule has 1 aromatic rings. The highest BCUT2D eigenvalue weighted by atomic mass is 15.2. The molecule has 0 bridgehead atoms. The molecule has 2 rings (SSSR count). The van der Waals surface area contributed by atoms with Crippen LogP contribution in [0.15, 0.2) is 24.3 Å². The van der Waals surface area contributed by atoms with Gasteiger partial charge in [0.15, 0.2) is 0 Å². The van der Waals surface area contributed by atoms with Crippen molar-refractivity contribution in [1.29, 1.82) is 0 Å². The van der Waals surface area contributed by atoms with Crippen LogP contribution in [-0.4, -0.2) is 30.6 Å². The molecule has 19 heavy (non-hydrogen) atoms. The zero-order valence-electron chi connectivity index (χ0n) is 12.9. The first kappa shape index (κ1) is 14.5. The summed E-state index contributed by atoms with van der Waals surface area (Å²) in [6.07, 6.45) is 3.87. The van der Waals surface area contributed by atoms with Gasteiger partial charge in [0, 0.05) is 18.1 Å². The molecule has 1 aromatic carbocycles. The summed E-state index contributed by atoms with van der Waals surface area (Å²) in [5.41, 5.74) is 3.23. The molecule has 0 saturated carbocycles. The second-order valence-corrected chi connectivity index (χ2v) is 6.39. The lowest BCUT2D eigenvalue weighted by molar-refractivity contribution is 0.167. The summed E-state index contributed by atoms with van der Waals surface area (Å²) in [7, 11) is 2.08. The maximum atomic E-state index is 3.48. The quantitative estimate of drug-likeness (QED) is 0.871. The van der Waals surface area contributed by atoms with Crippen LogP contribution in [0.4, 0.5) is 0 Å². The van der Waals surface area contributed by atoms with E-state index in [-0.39, 0.29) is 0 Å². The van der Waals surface area contributed by atoms with Gasteiger partial charge in [-0.1, -0.05) is 24.3 Å². The number of benzene rings is 1. The van der Waals surface area contributed by atoms with Crippen LogP contribution >= 0.6 is 0 Å². The Labute approximate surface area is 118 Å². The monoisotopic (exact) mass is 260 g/mol. The molecule has 1 fully saturated rings. The number of nitrogens with zero attached hydrogens (tertiary/aromatic N) is 1. The molecule has 2 nitrogen and oxygen atoms in total. The van der Waals surface area contributed by atoms with Crippen LogP contribution in [-0.2, 0) is 0 Å². The van der Waals surface area contributed by atoms with Crippen molar-refractivity contribution in [2.75, 3.05) is 20.1 Å². The summed E-state index contributed by atoms with van der Waals surface area (Å²) >= 11 is 0. The van der Waals surface area contributed by atoms with E-state index in [0.717, 1.165) is 0 Å². The SMILES string of the molecule is CNC(CCN1CCCC1(C)C)c1ccccc1C. The molecular formula is C17H28N2. The minimum atomic E-state index is 0.393. The van der Waals surface area contributed by atoms with Gasteiger partial charge in [-0.15, -0.1) is 0 Å². The highest BCUT2D eigenvalue weighted by molar-refractivity contribution is 5.28. The van der Waals surface area contributed by atoms with Crippen molar-refractivity contribution in [3.8, 4) is 0 Å². The van der Waals surface area contributed by atoms with Crippen LogP contribution in [0.2, 0.25) is 0 Å². The van der Waals surface area contributed by atoms with Gasteiger partial charge in [-0.05, 0) is 64.8 Å². The minimum Gasteiger partial charge on any atom is -0.313 e. The average molecular weight is 260 g/mol. The summed E-state index contributed by atoms with van der Waals surface area (Å²) < 4.78 is 0. The molecule has 106 valence electrons. The molecule has 0 aliphatic carbocycles. The molecule has 1 saturated heterocycles. The van der Waals surface area contributed by atoms with E-state index in [4.69, 9.17) is 0 Å². The number of likely N-dealkylation sites (tertiary alicyclic amines) is 1. The summed E-state index contributed by atoms with van der Waals surface area (Å²) in [5, 5.41) is 3.48. The van der Waals surface area contributed by atoms with Crippen LogP contribution in [0.1, 0.15) is 50.3 Å². The van der Waals surface area contributed by atoms with Crippen LogP contribution in [0.5, 0.6) is 0 Å². The van der Waals surface area contributed by atoms with Crippen molar-refractivity contribution in [3.05, 3.63) is 35.4 Å². The van der Waals surface area contributed by atoms with E-state index in [2.05, 4.69) is 62.3 Å². The van der Waals surface area contributed by atoms with Gasteiger partial charge in [-0.2, -0.15) is 0 Å². The van der Waals surface area contributed by atoms with E-state index in [1.54, 1.807) is 0 Å². The first-order valence-corrected chi connectivity index (χ1v) is 7.52. The topological polar surface area (TPSA) is 15.3 Å². The van der Waals surface area contributed by atoms with Crippen LogP contribution in [0.3, 0.4) is 0 Å². The van der Waals surface area contributed by atoms with Crippen LogP contribution < -0.4 is 5.32 Å². The van der Waals surface area contributed by atoms with E-state index >= 15 is 0 Å². The standard InChI is InChI=1S/C17H28N2/c1-14-8-5-6-9-15(14)16(18-4)10-13-19-12-7-11-17(19,2)3/h5-6,8-9,16,18H,7,10-13H2,1-4H3. The Bertz CT molecular complexity index is 411. The average Bonchev–Trinajstić information content (AvgIpc) is 2.71. The van der Waals surface area contributed by atoms with Gasteiger partial charge in [0.2, 0.25) is 0 Å². The van der Waals surface area contributed by atoms with Crippen molar-refractivity contribution in [1.82, 2.24) is 10.2 Å². The van der Waals surface area contributed by atoms with Gasteiger partial charge in [0.1, 0.15) is 0 Å². The van der Waals surface area contributed by atoms with Crippen molar-refractivity contribution < 1.29 is 0 Å². The second kappa shape index (κ2) is 6.06. The van der Waals surface area contributed by atoms with E-state index in [0.29, 0.717) is 11.6 Å². The lowest BCUT2D eigenvalue weighted by Crippen LogP contribution is -2.39. The fourth-order valence-electron chi connectivity index (χ4n) is 3.30. The third-order valence-corrected chi connectivity index (χ3v) is 4.67. The zero-order chi connectivity index (χ0) is 13.9. The number of nitrogens with one attached hydrogen (secondary N) is 1. The molecule has 0 spiro atoms. The molecule has 2 heteroatoms. The van der Waals surface area contributed by atoms with Gasteiger partial charge < -0.3 is 5.32 Å². The predicted molar refractivity (Wildman–Crippen MR) is 82.5 cm³/mol. The summed E-state index contributed by atoms with van der Waals surface area (Å²) in [6, 6.07) is 9.20. The van der Waals surface area contributed by atoms with Gasteiger partial charge in [0.25, 0.3) is 0 Å². The first-order chi connectivity index (χ1) is 9.04. The fourth-order valence-corrected chi connectivity index (χ4v) is 3.30. The summed E-state index contributed by atoms with van der Waals surface area (Å²) in [5.74, 6) is 0. The van der Waals surface area contributed by atoms with Gasteiger partial charge in [-0.3, -0.25) is 4.90 Å². The number of aryl methyl sites for hydroxylation is 1. The molecule has 1 aliphatic rings. The maximum Gasteiger partial charge on any atom is 0.0332 e. The smallest absolute Gasteiger partial charge is 0.0332 e. The Morgan fingerprint density at radius 2 is 2.05 bits per heavy atom. The summed E-state index contributed by atoms with van der Waals surface area (Å²) in [4.78, 5) is 2.65. The highest BCUT2D eigenvalue weighted by Gasteiger charge is 2.31. The minimum absolute atomic E-state index is 0.393. The van der Waals surface area contributed by atoms with Gasteiger partial charge in [-0.25, -0.2) is 0 Å². The Balaban J connectivity index is 1.99. The van der Waals surface area contributed by atoms with Crippen LogP contribution in [0, 0.1) is 6.92 Å². The van der Waals surface area contributed by atoms with Crippen molar-refractivity contribution >= 4 is 0 Å². The number of hydrogen-bond donors (Lipinski definition) is 1. The fraction of sp³-hybridized carbons (Fsp3) is 0.647. The van der Waals surface area contributed by atoms with Crippen LogP contribution in [0.25, 0.3) is 0 Å². The van der Waals surface area contributed by atoms with E-state index < -0.39 is 0 Å². The molecule has 0 amide bonds. The Morgan fingerprint density at radius 1 is 1.32 bits per heavy atom. The third-order valence-electron chi connectivity index (χ3n) is 4.67. The van der Waals surface area contributed by atoms with Gasteiger partial charge in [0.05, 0.1) is 0 Å². The lowest BCUT2D eigenvalue weighted by atomic mass is 9.97. The molecule has 1 unspecified atom stereocenters. The Hall–Kier alpha value is -0.860.